The number of ether oxygens (including phenoxy) is 2. The van der Waals surface area contributed by atoms with E-state index in [1.165, 1.54) is 17.8 Å². The van der Waals surface area contributed by atoms with Gasteiger partial charge in [0, 0.05) is 12.5 Å². The van der Waals surface area contributed by atoms with E-state index in [0.717, 1.165) is 5.56 Å². The van der Waals surface area contributed by atoms with Crippen LogP contribution < -0.4 is 10.6 Å². The minimum atomic E-state index is -1.17. The molecule has 1 aliphatic rings. The molecule has 1 aliphatic carbocycles. The summed E-state index contributed by atoms with van der Waals surface area (Å²) in [6.45, 7) is 14.2. The summed E-state index contributed by atoms with van der Waals surface area (Å²) in [5, 5.41) is 16.0. The number of amides is 3. The molecule has 0 saturated heterocycles. The number of carbonyl (C=O) groups is 4. The number of rotatable bonds is 13. The van der Waals surface area contributed by atoms with Crippen LogP contribution in [0.15, 0.2) is 48.5 Å². The molecule has 0 aliphatic heterocycles. The highest BCUT2D eigenvalue weighted by molar-refractivity contribution is 7.98. The summed E-state index contributed by atoms with van der Waals surface area (Å²) < 4.78 is 11.2. The maximum absolute atomic E-state index is 14.6. The van der Waals surface area contributed by atoms with Crippen LogP contribution in [0, 0.1) is 12.8 Å². The molecule has 0 heterocycles. The van der Waals surface area contributed by atoms with Crippen LogP contribution in [0.3, 0.4) is 0 Å². The summed E-state index contributed by atoms with van der Waals surface area (Å²) in [4.78, 5) is 57.1. The molecule has 1 saturated carbocycles. The van der Waals surface area contributed by atoms with Crippen molar-refractivity contribution in [1.29, 1.82) is 0 Å². The van der Waals surface area contributed by atoms with Crippen LogP contribution in [-0.2, 0) is 30.3 Å². The quantitative estimate of drug-likeness (QED) is 0.232. The van der Waals surface area contributed by atoms with Crippen LogP contribution in [0.2, 0.25) is 0 Å². The van der Waals surface area contributed by atoms with Gasteiger partial charge in [-0.3, -0.25) is 9.59 Å². The van der Waals surface area contributed by atoms with Gasteiger partial charge in [0.1, 0.15) is 35.1 Å². The zero-order valence-corrected chi connectivity index (χ0v) is 29.9. The molecule has 3 rings (SSSR count). The third-order valence-electron chi connectivity index (χ3n) is 7.63. The van der Waals surface area contributed by atoms with Gasteiger partial charge in [-0.05, 0) is 108 Å². The van der Waals surface area contributed by atoms with Crippen molar-refractivity contribution in [1.82, 2.24) is 15.5 Å². The van der Waals surface area contributed by atoms with Gasteiger partial charge in [-0.2, -0.15) is 11.8 Å². The van der Waals surface area contributed by atoms with E-state index in [4.69, 9.17) is 9.47 Å². The predicted octanol–water partition coefficient (Wildman–Crippen LogP) is 5.69. The Balaban J connectivity index is 2.08. The van der Waals surface area contributed by atoms with E-state index in [1.807, 2.05) is 43.5 Å². The lowest BCUT2D eigenvalue weighted by Crippen LogP contribution is -2.56. The number of aryl methyl sites for hydroxylation is 1. The van der Waals surface area contributed by atoms with Crippen LogP contribution in [-0.4, -0.2) is 75.2 Å². The second-order valence-electron chi connectivity index (χ2n) is 14.2. The lowest BCUT2D eigenvalue weighted by molar-refractivity contribution is -0.159. The summed E-state index contributed by atoms with van der Waals surface area (Å²) in [5.41, 5.74) is 0.240. The van der Waals surface area contributed by atoms with Crippen LogP contribution in [0.1, 0.15) is 84.0 Å². The van der Waals surface area contributed by atoms with Gasteiger partial charge < -0.3 is 30.1 Å². The molecule has 2 aromatic rings. The Morgan fingerprint density at radius 3 is 2.11 bits per heavy atom. The number of hydrogen-bond donors (Lipinski definition) is 3. The van der Waals surface area contributed by atoms with Crippen molar-refractivity contribution in [3.63, 3.8) is 0 Å². The smallest absolute Gasteiger partial charge is 0.408 e. The highest BCUT2D eigenvalue weighted by Crippen LogP contribution is 2.41. The Hall–Kier alpha value is -3.73. The number of hydrogen-bond acceptors (Lipinski definition) is 8. The normalized spacial score (nSPS) is 17.9. The van der Waals surface area contributed by atoms with Crippen molar-refractivity contribution < 1.29 is 33.8 Å². The summed E-state index contributed by atoms with van der Waals surface area (Å²) in [5.74, 6) is -0.880. The topological polar surface area (TPSA) is 134 Å². The largest absolute Gasteiger partial charge is 0.508 e. The Morgan fingerprint density at radius 1 is 0.957 bits per heavy atom. The summed E-state index contributed by atoms with van der Waals surface area (Å²) in [6.07, 6.45) is 2.33. The molecule has 0 spiro atoms. The number of esters is 1. The van der Waals surface area contributed by atoms with Gasteiger partial charge in [-0.25, -0.2) is 9.59 Å². The molecule has 5 atom stereocenters. The first-order chi connectivity index (χ1) is 21.9. The minimum Gasteiger partial charge on any atom is -0.508 e. The Kier molecular flexibility index (Phi) is 12.8. The van der Waals surface area contributed by atoms with Crippen molar-refractivity contribution in [2.75, 3.05) is 12.0 Å². The van der Waals surface area contributed by atoms with Crippen molar-refractivity contribution in [2.24, 2.45) is 5.92 Å². The number of phenols is 1. The number of thioether (sulfide) groups is 1. The van der Waals surface area contributed by atoms with E-state index >= 15 is 0 Å². The summed E-state index contributed by atoms with van der Waals surface area (Å²) in [6, 6.07) is 10.6. The molecule has 2 aromatic carbocycles. The van der Waals surface area contributed by atoms with Gasteiger partial charge in [0.2, 0.25) is 11.8 Å². The molecular weight excluding hydrogens is 618 g/mol. The van der Waals surface area contributed by atoms with E-state index in [2.05, 4.69) is 10.6 Å². The van der Waals surface area contributed by atoms with Crippen molar-refractivity contribution >= 4 is 35.6 Å². The van der Waals surface area contributed by atoms with Gasteiger partial charge in [0.25, 0.3) is 0 Å². The van der Waals surface area contributed by atoms with Crippen LogP contribution in [0.25, 0.3) is 0 Å². The molecule has 1 fully saturated rings. The van der Waals surface area contributed by atoms with Gasteiger partial charge in [0.15, 0.2) is 0 Å². The number of alkyl carbamates (subject to hydrolysis) is 1. The van der Waals surface area contributed by atoms with E-state index in [9.17, 15) is 24.3 Å². The number of nitrogens with zero attached hydrogens (tertiary/aromatic N) is 1. The van der Waals surface area contributed by atoms with E-state index in [0.29, 0.717) is 29.7 Å². The second kappa shape index (κ2) is 15.9. The fourth-order valence-electron chi connectivity index (χ4n) is 5.25. The number of phenolic OH excluding ortho intramolecular Hbond substituents is 1. The minimum absolute atomic E-state index is 0.0470. The molecule has 10 nitrogen and oxygen atoms in total. The fraction of sp³-hybridized carbons (Fsp3) is 0.556. The van der Waals surface area contributed by atoms with E-state index < -0.39 is 53.2 Å². The second-order valence-corrected chi connectivity index (χ2v) is 15.2. The number of aromatic hydroxyl groups is 1. The zero-order chi connectivity index (χ0) is 35.1. The standard InChI is InChI=1S/C36H51N3O7S/c1-22-20-28(22)39(32(42)26(17-18-47-9)38-34(44)46-36(6,7)8)30(25-15-16-29(40)23(2)19-25)31(41)37-27(33(43)45-35(3,4)5)21-24-13-11-10-12-14-24/h10-16,19,22,26-28,30,40H,17-18,20-21H2,1-9H3,(H,37,41)(H,38,44). The average Bonchev–Trinajstić information content (AvgIpc) is 3.68. The van der Waals surface area contributed by atoms with Crippen LogP contribution in [0.4, 0.5) is 4.79 Å². The summed E-state index contributed by atoms with van der Waals surface area (Å²) >= 11 is 1.53. The Labute approximate surface area is 283 Å². The van der Waals surface area contributed by atoms with Gasteiger partial charge in [0.05, 0.1) is 0 Å². The molecular formula is C36H51N3O7S. The highest BCUT2D eigenvalue weighted by Gasteiger charge is 2.48. The van der Waals surface area contributed by atoms with Crippen molar-refractivity contribution in [3.8, 4) is 5.75 Å². The van der Waals surface area contributed by atoms with E-state index in [1.54, 1.807) is 65.5 Å². The number of nitrogens with one attached hydrogen (secondary N) is 2. The molecule has 11 heteroatoms. The van der Waals surface area contributed by atoms with Crippen molar-refractivity contribution in [3.05, 3.63) is 65.2 Å². The predicted molar refractivity (Wildman–Crippen MR) is 184 cm³/mol. The molecule has 0 aromatic heterocycles. The van der Waals surface area contributed by atoms with Gasteiger partial charge in [-0.1, -0.05) is 43.3 Å². The maximum atomic E-state index is 14.6. The molecule has 3 N–H and O–H groups in total. The van der Waals surface area contributed by atoms with Crippen LogP contribution in [0.5, 0.6) is 5.75 Å². The Bertz CT molecular complexity index is 1400. The maximum Gasteiger partial charge on any atom is 0.408 e. The lowest BCUT2D eigenvalue weighted by atomic mass is 9.98. The molecule has 5 unspecified atom stereocenters. The zero-order valence-electron chi connectivity index (χ0n) is 29.1. The van der Waals surface area contributed by atoms with Gasteiger partial charge in [-0.15, -0.1) is 0 Å². The van der Waals surface area contributed by atoms with Gasteiger partial charge >= 0.3 is 12.1 Å². The number of carbonyl (C=O) groups excluding carboxylic acids is 4. The van der Waals surface area contributed by atoms with E-state index in [-0.39, 0.29) is 24.1 Å². The third kappa shape index (κ3) is 11.5. The monoisotopic (exact) mass is 669 g/mol. The molecule has 258 valence electrons. The SMILES string of the molecule is CSCCC(NC(=O)OC(C)(C)C)C(=O)N(C(C(=O)NC(Cc1ccccc1)C(=O)OC(C)(C)C)c1ccc(O)c(C)c1)C1CC1C. The first-order valence-electron chi connectivity index (χ1n) is 16.1. The molecule has 47 heavy (non-hydrogen) atoms. The summed E-state index contributed by atoms with van der Waals surface area (Å²) in [7, 11) is 0. The molecule has 3 amide bonds. The average molecular weight is 670 g/mol. The lowest BCUT2D eigenvalue weighted by Gasteiger charge is -2.36. The number of benzene rings is 2. The Morgan fingerprint density at radius 2 is 1.57 bits per heavy atom. The highest BCUT2D eigenvalue weighted by atomic mass is 32.2. The third-order valence-corrected chi connectivity index (χ3v) is 8.28. The molecule has 0 bridgehead atoms. The van der Waals surface area contributed by atoms with Crippen molar-refractivity contribution in [2.45, 2.75) is 110 Å². The molecule has 0 radical (unpaired) electrons. The van der Waals surface area contributed by atoms with Crippen LogP contribution >= 0.6 is 11.8 Å². The fourth-order valence-corrected chi connectivity index (χ4v) is 5.72. The first-order valence-corrected chi connectivity index (χ1v) is 17.5. The first kappa shape index (κ1) is 37.7.